The molecule has 1 amide bonds. The molecule has 0 atom stereocenters. The van der Waals surface area contributed by atoms with Gasteiger partial charge in [0.2, 0.25) is 17.6 Å². The van der Waals surface area contributed by atoms with E-state index in [1.54, 1.807) is 6.07 Å². The highest BCUT2D eigenvalue weighted by Crippen LogP contribution is 2.26. The topological polar surface area (TPSA) is 104 Å². The Morgan fingerprint density at radius 2 is 2.03 bits per heavy atom. The van der Waals surface area contributed by atoms with Crippen LogP contribution in [0.3, 0.4) is 0 Å². The van der Waals surface area contributed by atoms with E-state index < -0.39 is 0 Å². The molecule has 0 saturated carbocycles. The fourth-order valence-electron chi connectivity index (χ4n) is 3.20. The number of aryl methyl sites for hydroxylation is 1. The van der Waals surface area contributed by atoms with E-state index in [0.717, 1.165) is 18.7 Å². The van der Waals surface area contributed by atoms with E-state index in [-0.39, 0.29) is 5.91 Å². The van der Waals surface area contributed by atoms with Crippen LogP contribution in [0.2, 0.25) is 10.0 Å². The molecule has 1 saturated heterocycles. The third kappa shape index (κ3) is 4.75. The van der Waals surface area contributed by atoms with Gasteiger partial charge < -0.3 is 9.42 Å². The molecule has 1 N–H and O–H groups in total. The Morgan fingerprint density at radius 3 is 2.79 bits per heavy atom. The molecule has 29 heavy (non-hydrogen) atoms. The minimum Gasteiger partial charge on any atom is -0.340 e. The molecule has 0 aliphatic carbocycles. The molecule has 1 aliphatic rings. The van der Waals surface area contributed by atoms with Crippen molar-refractivity contribution < 1.29 is 9.32 Å². The summed E-state index contributed by atoms with van der Waals surface area (Å²) in [6.07, 6.45) is 2.07. The van der Waals surface area contributed by atoms with Gasteiger partial charge in [0.15, 0.2) is 5.82 Å². The molecule has 152 valence electrons. The number of benzene rings is 1. The summed E-state index contributed by atoms with van der Waals surface area (Å²) in [5, 5.41) is 11.4. The standard InChI is InChI=1S/C18H19Cl2N7O2/c19-13-3-1-2-12(16(13)20)10-26-6-8-27(9-7-26)15(28)5-4-14-23-18(25-29-14)17-21-11-22-24-17/h1-3,11H,4-10H2,(H,21,22,24). The molecule has 0 spiro atoms. The summed E-state index contributed by atoms with van der Waals surface area (Å²) in [5.74, 6) is 1.24. The Balaban J connectivity index is 1.24. The van der Waals surface area contributed by atoms with Crippen molar-refractivity contribution >= 4 is 29.1 Å². The lowest BCUT2D eigenvalue weighted by atomic mass is 10.2. The fraction of sp³-hybridized carbons (Fsp3) is 0.389. The van der Waals surface area contributed by atoms with E-state index in [9.17, 15) is 4.79 Å². The van der Waals surface area contributed by atoms with Crippen LogP contribution < -0.4 is 0 Å². The molecule has 9 nitrogen and oxygen atoms in total. The van der Waals surface area contributed by atoms with Crippen molar-refractivity contribution in [3.8, 4) is 11.6 Å². The highest BCUT2D eigenvalue weighted by Gasteiger charge is 2.22. The van der Waals surface area contributed by atoms with Crippen LogP contribution >= 0.6 is 23.2 Å². The summed E-state index contributed by atoms with van der Waals surface area (Å²) < 4.78 is 5.18. The first kappa shape index (κ1) is 19.8. The van der Waals surface area contributed by atoms with Crippen molar-refractivity contribution in [2.75, 3.05) is 26.2 Å². The molecule has 4 rings (SSSR count). The minimum absolute atomic E-state index is 0.0739. The van der Waals surface area contributed by atoms with Crippen LogP contribution in [0, 0.1) is 0 Å². The second-order valence-corrected chi connectivity index (χ2v) is 7.50. The summed E-state index contributed by atoms with van der Waals surface area (Å²) >= 11 is 12.4. The van der Waals surface area contributed by atoms with Gasteiger partial charge in [-0.05, 0) is 11.6 Å². The first-order valence-corrected chi connectivity index (χ1v) is 9.97. The molecule has 0 bridgehead atoms. The number of aromatic amines is 1. The lowest BCUT2D eigenvalue weighted by Gasteiger charge is -2.35. The summed E-state index contributed by atoms with van der Waals surface area (Å²) in [4.78, 5) is 24.9. The van der Waals surface area contributed by atoms with Crippen LogP contribution in [0.5, 0.6) is 0 Å². The number of rotatable bonds is 6. The Morgan fingerprint density at radius 1 is 1.21 bits per heavy atom. The molecule has 0 unspecified atom stereocenters. The van der Waals surface area contributed by atoms with E-state index in [1.807, 2.05) is 17.0 Å². The third-order valence-corrected chi connectivity index (χ3v) is 5.66. The molecule has 0 radical (unpaired) electrons. The second-order valence-electron chi connectivity index (χ2n) is 6.72. The van der Waals surface area contributed by atoms with E-state index in [1.165, 1.54) is 6.33 Å². The Bertz CT molecular complexity index is 969. The largest absolute Gasteiger partial charge is 0.340 e. The molecule has 1 aromatic carbocycles. The number of nitrogens with zero attached hydrogens (tertiary/aromatic N) is 6. The van der Waals surface area contributed by atoms with Crippen LogP contribution in [-0.4, -0.2) is 67.2 Å². The van der Waals surface area contributed by atoms with E-state index >= 15 is 0 Å². The molecule has 2 aromatic heterocycles. The first-order chi connectivity index (χ1) is 14.1. The average molecular weight is 436 g/mol. The Labute approximate surface area is 177 Å². The van der Waals surface area contributed by atoms with E-state index in [4.69, 9.17) is 27.7 Å². The molecule has 11 heteroatoms. The maximum absolute atomic E-state index is 12.5. The highest BCUT2D eigenvalue weighted by molar-refractivity contribution is 6.42. The van der Waals surface area contributed by atoms with Gasteiger partial charge >= 0.3 is 0 Å². The average Bonchev–Trinajstić information content (AvgIpc) is 3.42. The molecule has 1 fully saturated rings. The zero-order valence-corrected chi connectivity index (χ0v) is 17.0. The zero-order chi connectivity index (χ0) is 20.2. The van der Waals surface area contributed by atoms with Gasteiger partial charge in [0.1, 0.15) is 6.33 Å². The van der Waals surface area contributed by atoms with Crippen LogP contribution in [0.4, 0.5) is 0 Å². The van der Waals surface area contributed by atoms with Crippen molar-refractivity contribution in [3.63, 3.8) is 0 Å². The predicted octanol–water partition coefficient (Wildman–Crippen LogP) is 2.44. The first-order valence-electron chi connectivity index (χ1n) is 9.21. The normalized spacial score (nSPS) is 15.0. The van der Waals surface area contributed by atoms with Crippen molar-refractivity contribution in [3.05, 3.63) is 46.0 Å². The van der Waals surface area contributed by atoms with Crippen LogP contribution in [-0.2, 0) is 17.8 Å². The highest BCUT2D eigenvalue weighted by atomic mass is 35.5. The van der Waals surface area contributed by atoms with Gasteiger partial charge in [-0.25, -0.2) is 4.98 Å². The molecule has 3 aromatic rings. The summed E-state index contributed by atoms with van der Waals surface area (Å²) in [7, 11) is 0. The number of hydrogen-bond acceptors (Lipinski definition) is 7. The monoisotopic (exact) mass is 435 g/mol. The molecule has 3 heterocycles. The maximum atomic E-state index is 12.5. The number of carbonyl (C=O) groups is 1. The quantitative estimate of drug-likeness (QED) is 0.633. The summed E-state index contributed by atoms with van der Waals surface area (Å²) in [6, 6.07) is 5.65. The number of piperazine rings is 1. The Kier molecular flexibility index (Phi) is 6.08. The van der Waals surface area contributed by atoms with Gasteiger partial charge in [-0.15, -0.1) is 0 Å². The lowest BCUT2D eigenvalue weighted by molar-refractivity contribution is -0.133. The van der Waals surface area contributed by atoms with Gasteiger partial charge in [0.25, 0.3) is 0 Å². The smallest absolute Gasteiger partial charge is 0.239 e. The van der Waals surface area contributed by atoms with Gasteiger partial charge in [-0.2, -0.15) is 10.1 Å². The second kappa shape index (κ2) is 8.89. The van der Waals surface area contributed by atoms with E-state index in [0.29, 0.717) is 60.1 Å². The van der Waals surface area contributed by atoms with Crippen LogP contribution in [0.1, 0.15) is 17.9 Å². The number of nitrogens with one attached hydrogen (secondary N) is 1. The van der Waals surface area contributed by atoms with Crippen LogP contribution in [0.15, 0.2) is 29.0 Å². The summed E-state index contributed by atoms with van der Waals surface area (Å²) in [5.41, 5.74) is 0.998. The van der Waals surface area contributed by atoms with Gasteiger partial charge in [0.05, 0.1) is 10.0 Å². The molecular weight excluding hydrogens is 417 g/mol. The van der Waals surface area contributed by atoms with Crippen molar-refractivity contribution in [2.24, 2.45) is 0 Å². The van der Waals surface area contributed by atoms with Crippen molar-refractivity contribution in [2.45, 2.75) is 19.4 Å². The van der Waals surface area contributed by atoms with Crippen LogP contribution in [0.25, 0.3) is 11.6 Å². The third-order valence-electron chi connectivity index (χ3n) is 4.80. The van der Waals surface area contributed by atoms with Gasteiger partial charge in [-0.1, -0.05) is 40.5 Å². The van der Waals surface area contributed by atoms with Gasteiger partial charge in [0, 0.05) is 45.6 Å². The minimum atomic E-state index is 0.0739. The van der Waals surface area contributed by atoms with Crippen molar-refractivity contribution in [1.82, 2.24) is 35.1 Å². The lowest BCUT2D eigenvalue weighted by Crippen LogP contribution is -2.48. The van der Waals surface area contributed by atoms with E-state index in [2.05, 4.69) is 30.2 Å². The number of hydrogen-bond donors (Lipinski definition) is 1. The zero-order valence-electron chi connectivity index (χ0n) is 15.5. The number of aromatic nitrogens is 5. The SMILES string of the molecule is O=C(CCc1nc(-c2ncn[nH]2)no1)N1CCN(Cc2cccc(Cl)c2Cl)CC1. The molecular formula is C18H19Cl2N7O2. The Hall–Kier alpha value is -2.49. The van der Waals surface area contributed by atoms with Crippen molar-refractivity contribution in [1.29, 1.82) is 0 Å². The summed E-state index contributed by atoms with van der Waals surface area (Å²) in [6.45, 7) is 3.62. The number of H-pyrrole nitrogens is 1. The maximum Gasteiger partial charge on any atom is 0.239 e. The number of amides is 1. The number of carbonyl (C=O) groups excluding carboxylic acids is 1. The molecule has 1 aliphatic heterocycles. The predicted molar refractivity (Wildman–Crippen MR) is 106 cm³/mol. The van der Waals surface area contributed by atoms with Gasteiger partial charge in [-0.3, -0.25) is 14.8 Å². The fourth-order valence-corrected chi connectivity index (χ4v) is 3.58. The number of halogens is 2.